The highest BCUT2D eigenvalue weighted by atomic mass is 16.5. The van der Waals surface area contributed by atoms with Gasteiger partial charge in [-0.1, -0.05) is 25.1 Å². The Morgan fingerprint density at radius 2 is 1.72 bits per heavy atom. The summed E-state index contributed by atoms with van der Waals surface area (Å²) in [5.41, 5.74) is 3.13. The van der Waals surface area contributed by atoms with Crippen LogP contribution >= 0.6 is 0 Å². The van der Waals surface area contributed by atoms with Gasteiger partial charge in [0.05, 0.1) is 19.3 Å². The van der Waals surface area contributed by atoms with Crippen molar-refractivity contribution >= 4 is 0 Å². The molecule has 160 valence electrons. The minimum absolute atomic E-state index is 0.509. The standard InChI is InChI=1S/C27H40O2/c1-3-5-15-29-27-13-11-23-17-21(7-9-25(23)19-27)20-6-8-24-18-26(28-14-4-2)12-10-22(24)16-20/h3,5,10,12,18,20-21,23,25,27H,4,6-9,11,13-17,19H2,1-2H3. The molecule has 0 bridgehead atoms. The minimum atomic E-state index is 0.509. The quantitative estimate of drug-likeness (QED) is 0.474. The third kappa shape index (κ3) is 5.26. The van der Waals surface area contributed by atoms with Gasteiger partial charge in [-0.05, 0) is 118 Å². The molecule has 4 rings (SSSR count). The summed E-state index contributed by atoms with van der Waals surface area (Å²) in [5, 5.41) is 0. The molecule has 5 unspecified atom stereocenters. The van der Waals surface area contributed by atoms with E-state index in [-0.39, 0.29) is 0 Å². The number of allylic oxidation sites excluding steroid dienone is 1. The molecule has 0 N–H and O–H groups in total. The summed E-state index contributed by atoms with van der Waals surface area (Å²) >= 11 is 0. The fourth-order valence-electron chi connectivity index (χ4n) is 6.22. The summed E-state index contributed by atoms with van der Waals surface area (Å²) in [6, 6.07) is 6.86. The van der Waals surface area contributed by atoms with Crippen LogP contribution in [-0.4, -0.2) is 19.3 Å². The number of ether oxygens (including phenoxy) is 2. The Morgan fingerprint density at radius 3 is 2.55 bits per heavy atom. The number of benzene rings is 1. The third-order valence-corrected chi connectivity index (χ3v) is 7.85. The average Bonchev–Trinajstić information content (AvgIpc) is 2.77. The molecule has 0 amide bonds. The van der Waals surface area contributed by atoms with Crippen molar-refractivity contribution in [1.82, 2.24) is 0 Å². The largest absolute Gasteiger partial charge is 0.494 e. The van der Waals surface area contributed by atoms with E-state index in [0.29, 0.717) is 6.10 Å². The van der Waals surface area contributed by atoms with Gasteiger partial charge in [0.15, 0.2) is 0 Å². The second-order valence-corrected chi connectivity index (χ2v) is 9.71. The lowest BCUT2D eigenvalue weighted by molar-refractivity contribution is -0.0138. The van der Waals surface area contributed by atoms with E-state index >= 15 is 0 Å². The summed E-state index contributed by atoms with van der Waals surface area (Å²) in [6.45, 7) is 5.87. The van der Waals surface area contributed by atoms with Crippen LogP contribution in [0.2, 0.25) is 0 Å². The molecule has 3 aliphatic rings. The van der Waals surface area contributed by atoms with Crippen molar-refractivity contribution in [2.45, 2.75) is 84.2 Å². The van der Waals surface area contributed by atoms with Crippen LogP contribution in [0.3, 0.4) is 0 Å². The van der Waals surface area contributed by atoms with Crippen LogP contribution < -0.4 is 4.74 Å². The Hall–Kier alpha value is -1.28. The monoisotopic (exact) mass is 396 g/mol. The maximum atomic E-state index is 6.09. The summed E-state index contributed by atoms with van der Waals surface area (Å²) in [5.74, 6) is 4.79. The fourth-order valence-corrected chi connectivity index (χ4v) is 6.22. The van der Waals surface area contributed by atoms with Gasteiger partial charge in [0.1, 0.15) is 5.75 Å². The van der Waals surface area contributed by atoms with Crippen LogP contribution in [0.25, 0.3) is 0 Å². The Bertz CT molecular complexity index is 679. The predicted molar refractivity (Wildman–Crippen MR) is 120 cm³/mol. The molecule has 2 saturated carbocycles. The van der Waals surface area contributed by atoms with Gasteiger partial charge in [-0.15, -0.1) is 0 Å². The molecule has 5 atom stereocenters. The van der Waals surface area contributed by atoms with Crippen molar-refractivity contribution < 1.29 is 9.47 Å². The summed E-state index contributed by atoms with van der Waals surface area (Å²) in [4.78, 5) is 0. The van der Waals surface area contributed by atoms with Crippen LogP contribution in [0.5, 0.6) is 5.75 Å². The number of rotatable bonds is 7. The number of hydrogen-bond acceptors (Lipinski definition) is 2. The van der Waals surface area contributed by atoms with Crippen LogP contribution in [0.15, 0.2) is 30.4 Å². The lowest BCUT2D eigenvalue weighted by Gasteiger charge is -2.44. The molecule has 0 spiro atoms. The SMILES string of the molecule is CC=CCOC1CCC2CC(C3CCc4cc(OCCC)ccc4C3)CCC2C1. The number of hydrogen-bond donors (Lipinski definition) is 0. The molecule has 0 radical (unpaired) electrons. The molecule has 2 fully saturated rings. The summed E-state index contributed by atoms with van der Waals surface area (Å²) in [6.07, 6.45) is 18.1. The van der Waals surface area contributed by atoms with E-state index in [9.17, 15) is 0 Å². The van der Waals surface area contributed by atoms with Gasteiger partial charge in [-0.3, -0.25) is 0 Å². The summed E-state index contributed by atoms with van der Waals surface area (Å²) < 4.78 is 11.9. The zero-order chi connectivity index (χ0) is 20.1. The molecule has 2 heteroatoms. The van der Waals surface area contributed by atoms with E-state index in [1.807, 2.05) is 0 Å². The normalized spacial score (nSPS) is 32.0. The maximum Gasteiger partial charge on any atom is 0.119 e. The van der Waals surface area contributed by atoms with E-state index in [4.69, 9.17) is 9.47 Å². The molecular weight excluding hydrogens is 356 g/mol. The van der Waals surface area contributed by atoms with Crippen molar-refractivity contribution in [2.75, 3.05) is 13.2 Å². The van der Waals surface area contributed by atoms with Gasteiger partial charge in [-0.25, -0.2) is 0 Å². The molecule has 1 aromatic carbocycles. The molecule has 0 aromatic heterocycles. The highest BCUT2D eigenvalue weighted by molar-refractivity contribution is 5.37. The van der Waals surface area contributed by atoms with Gasteiger partial charge in [0, 0.05) is 0 Å². The first-order valence-corrected chi connectivity index (χ1v) is 12.2. The van der Waals surface area contributed by atoms with Gasteiger partial charge in [0.2, 0.25) is 0 Å². The highest BCUT2D eigenvalue weighted by Crippen LogP contribution is 2.47. The summed E-state index contributed by atoms with van der Waals surface area (Å²) in [7, 11) is 0. The van der Waals surface area contributed by atoms with Crippen molar-refractivity contribution in [3.05, 3.63) is 41.5 Å². The average molecular weight is 397 g/mol. The number of fused-ring (bicyclic) bond motifs is 2. The molecule has 1 aromatic rings. The van der Waals surface area contributed by atoms with Crippen LogP contribution in [-0.2, 0) is 17.6 Å². The fraction of sp³-hybridized carbons (Fsp3) is 0.704. The smallest absolute Gasteiger partial charge is 0.119 e. The van der Waals surface area contributed by atoms with E-state index in [0.717, 1.165) is 49.1 Å². The predicted octanol–water partition coefficient (Wildman–Crippen LogP) is 6.76. The molecule has 0 aliphatic heterocycles. The molecule has 29 heavy (non-hydrogen) atoms. The van der Waals surface area contributed by atoms with Crippen molar-refractivity contribution in [2.24, 2.45) is 23.7 Å². The van der Waals surface area contributed by atoms with E-state index in [1.54, 1.807) is 11.1 Å². The lowest BCUT2D eigenvalue weighted by Crippen LogP contribution is -2.37. The second kappa shape index (κ2) is 10.2. The van der Waals surface area contributed by atoms with E-state index < -0.39 is 0 Å². The van der Waals surface area contributed by atoms with Crippen LogP contribution in [0.4, 0.5) is 0 Å². The number of aryl methyl sites for hydroxylation is 1. The zero-order valence-corrected chi connectivity index (χ0v) is 18.6. The Balaban J connectivity index is 1.29. The van der Waals surface area contributed by atoms with Crippen LogP contribution in [0, 0.1) is 23.7 Å². The first-order chi connectivity index (χ1) is 14.3. The first-order valence-electron chi connectivity index (χ1n) is 12.2. The van der Waals surface area contributed by atoms with Crippen molar-refractivity contribution in [1.29, 1.82) is 0 Å². The minimum Gasteiger partial charge on any atom is -0.494 e. The van der Waals surface area contributed by atoms with E-state index in [2.05, 4.69) is 44.2 Å². The molecule has 0 heterocycles. The zero-order valence-electron chi connectivity index (χ0n) is 18.6. The molecular formula is C27H40O2. The van der Waals surface area contributed by atoms with E-state index in [1.165, 1.54) is 57.8 Å². The first kappa shape index (κ1) is 21.0. The molecule has 0 saturated heterocycles. The topological polar surface area (TPSA) is 18.5 Å². The van der Waals surface area contributed by atoms with Crippen LogP contribution in [0.1, 0.15) is 76.3 Å². The van der Waals surface area contributed by atoms with Gasteiger partial charge in [-0.2, -0.15) is 0 Å². The van der Waals surface area contributed by atoms with Gasteiger partial charge < -0.3 is 9.47 Å². The van der Waals surface area contributed by atoms with Gasteiger partial charge in [0.25, 0.3) is 0 Å². The molecule has 2 nitrogen and oxygen atoms in total. The maximum absolute atomic E-state index is 6.09. The second-order valence-electron chi connectivity index (χ2n) is 9.71. The Morgan fingerprint density at radius 1 is 0.931 bits per heavy atom. The van der Waals surface area contributed by atoms with Crippen molar-refractivity contribution in [3.63, 3.8) is 0 Å². The van der Waals surface area contributed by atoms with Crippen molar-refractivity contribution in [3.8, 4) is 5.75 Å². The molecule has 3 aliphatic carbocycles. The Labute approximate surface area is 178 Å². The Kier molecular flexibility index (Phi) is 7.34. The van der Waals surface area contributed by atoms with Gasteiger partial charge >= 0.3 is 0 Å². The third-order valence-electron chi connectivity index (χ3n) is 7.85. The highest BCUT2D eigenvalue weighted by Gasteiger charge is 2.38. The lowest BCUT2D eigenvalue weighted by atomic mass is 9.62.